The van der Waals surface area contributed by atoms with E-state index in [0.717, 1.165) is 68.1 Å². The van der Waals surface area contributed by atoms with Crippen LogP contribution in [-0.2, 0) is 0 Å². The quantitative estimate of drug-likeness (QED) is 0.211. The molecule has 1 aliphatic heterocycles. The molecule has 4 aromatic carbocycles. The molecule has 4 nitrogen and oxygen atoms in total. The van der Waals surface area contributed by atoms with Gasteiger partial charge in [-0.15, -0.1) is 0 Å². The summed E-state index contributed by atoms with van der Waals surface area (Å²) < 4.78 is 27.1. The van der Waals surface area contributed by atoms with Crippen LogP contribution in [0, 0.1) is 11.6 Å². The van der Waals surface area contributed by atoms with Gasteiger partial charge in [-0.3, -0.25) is 4.90 Å². The summed E-state index contributed by atoms with van der Waals surface area (Å²) in [6.07, 6.45) is 1.42. The molecule has 1 aliphatic rings. The van der Waals surface area contributed by atoms with Crippen LogP contribution in [0.1, 0.15) is 29.9 Å². The third-order valence-electron chi connectivity index (χ3n) is 7.97. The lowest BCUT2D eigenvalue weighted by molar-refractivity contribution is 0.0758. The molecule has 4 aromatic rings. The molecule has 1 saturated heterocycles. The summed E-state index contributed by atoms with van der Waals surface area (Å²) in [5.41, 5.74) is 4.25. The summed E-state index contributed by atoms with van der Waals surface area (Å²) in [6.45, 7) is 5.92. The minimum Gasteiger partial charge on any atom is -0.390 e. The Kier molecular flexibility index (Phi) is 10.1. The van der Waals surface area contributed by atoms with Gasteiger partial charge in [0.2, 0.25) is 0 Å². The Morgan fingerprint density at radius 1 is 0.634 bits per heavy atom. The number of halogens is 2. The minimum absolute atomic E-state index is 0.102. The average Bonchev–Trinajstić information content (AvgIpc) is 3.01. The molecule has 214 valence electrons. The van der Waals surface area contributed by atoms with E-state index in [9.17, 15) is 13.9 Å². The van der Waals surface area contributed by atoms with E-state index in [4.69, 9.17) is 0 Å². The number of aliphatic hydroxyl groups excluding tert-OH is 1. The van der Waals surface area contributed by atoms with E-state index in [1.165, 1.54) is 24.3 Å². The maximum atomic E-state index is 13.6. The smallest absolute Gasteiger partial charge is 0.123 e. The Balaban J connectivity index is 1.11. The fraction of sp³-hybridized carbons (Fsp3) is 0.314. The van der Waals surface area contributed by atoms with Gasteiger partial charge in [-0.05, 0) is 79.0 Å². The van der Waals surface area contributed by atoms with E-state index in [2.05, 4.69) is 39.0 Å². The van der Waals surface area contributed by atoms with Crippen molar-refractivity contribution in [3.63, 3.8) is 0 Å². The number of hydrogen-bond acceptors (Lipinski definition) is 4. The van der Waals surface area contributed by atoms with Crippen molar-refractivity contribution in [3.05, 3.63) is 132 Å². The summed E-state index contributed by atoms with van der Waals surface area (Å²) in [6, 6.07) is 33.8. The van der Waals surface area contributed by atoms with Crippen molar-refractivity contribution in [2.45, 2.75) is 24.9 Å². The van der Waals surface area contributed by atoms with Crippen LogP contribution in [0.2, 0.25) is 0 Å². The van der Waals surface area contributed by atoms with Gasteiger partial charge in [0.25, 0.3) is 0 Å². The van der Waals surface area contributed by atoms with Crippen LogP contribution in [0.4, 0.5) is 20.2 Å². The molecule has 1 heterocycles. The minimum atomic E-state index is -0.478. The first-order valence-electron chi connectivity index (χ1n) is 14.6. The monoisotopic (exact) mass is 555 g/mol. The first kappa shape index (κ1) is 28.9. The van der Waals surface area contributed by atoms with Crippen molar-refractivity contribution in [2.75, 3.05) is 50.7 Å². The van der Waals surface area contributed by atoms with Crippen molar-refractivity contribution in [1.82, 2.24) is 9.80 Å². The fourth-order valence-corrected chi connectivity index (χ4v) is 5.77. The molecule has 6 heteroatoms. The Labute approximate surface area is 242 Å². The van der Waals surface area contributed by atoms with Gasteiger partial charge < -0.3 is 14.9 Å². The molecule has 1 fully saturated rings. The standard InChI is InChI=1S/C35H39F2N3O/c36-30-17-13-28(14-18-30)35(29-15-19-31(37)20-16-29)12-7-21-38-22-24-39(25-23-38)26-34(41)27-40(32-8-3-1-4-9-32)33-10-5-2-6-11-33/h1-6,8-11,13-20,34-35,41H,7,12,21-27H2. The van der Waals surface area contributed by atoms with E-state index in [1.54, 1.807) is 0 Å². The number of anilines is 2. The first-order valence-corrected chi connectivity index (χ1v) is 14.6. The Bertz CT molecular complexity index is 1230. The van der Waals surface area contributed by atoms with Crippen molar-refractivity contribution < 1.29 is 13.9 Å². The molecule has 0 aromatic heterocycles. The second-order valence-corrected chi connectivity index (χ2v) is 10.9. The van der Waals surface area contributed by atoms with E-state index < -0.39 is 6.10 Å². The van der Waals surface area contributed by atoms with Crippen molar-refractivity contribution in [2.24, 2.45) is 0 Å². The van der Waals surface area contributed by atoms with E-state index in [0.29, 0.717) is 13.1 Å². The van der Waals surface area contributed by atoms with Crippen LogP contribution in [0.3, 0.4) is 0 Å². The first-order chi connectivity index (χ1) is 20.0. The second kappa shape index (κ2) is 14.4. The highest BCUT2D eigenvalue weighted by molar-refractivity contribution is 5.63. The van der Waals surface area contributed by atoms with Gasteiger partial charge in [0.05, 0.1) is 12.6 Å². The highest BCUT2D eigenvalue weighted by Gasteiger charge is 2.22. The number of para-hydroxylation sites is 2. The van der Waals surface area contributed by atoms with Gasteiger partial charge in [0.1, 0.15) is 11.6 Å². The van der Waals surface area contributed by atoms with E-state index in [1.807, 2.05) is 60.7 Å². The van der Waals surface area contributed by atoms with Crippen LogP contribution in [0.15, 0.2) is 109 Å². The van der Waals surface area contributed by atoms with E-state index >= 15 is 0 Å². The number of aliphatic hydroxyl groups is 1. The Morgan fingerprint density at radius 2 is 1.10 bits per heavy atom. The zero-order chi connectivity index (χ0) is 28.4. The van der Waals surface area contributed by atoms with Gasteiger partial charge >= 0.3 is 0 Å². The van der Waals surface area contributed by atoms with Crippen molar-refractivity contribution in [1.29, 1.82) is 0 Å². The number of β-amino-alcohol motifs (C(OH)–C–C–N with tert-alkyl or cyclic N) is 1. The van der Waals surface area contributed by atoms with Gasteiger partial charge in [-0.1, -0.05) is 60.7 Å². The van der Waals surface area contributed by atoms with Crippen LogP contribution in [0.25, 0.3) is 0 Å². The molecular formula is C35H39F2N3O. The molecule has 41 heavy (non-hydrogen) atoms. The molecule has 0 saturated carbocycles. The lowest BCUT2D eigenvalue weighted by Gasteiger charge is -2.37. The molecule has 0 bridgehead atoms. The molecule has 0 spiro atoms. The SMILES string of the molecule is OC(CN1CCN(CCCC(c2ccc(F)cc2)c2ccc(F)cc2)CC1)CN(c1ccccc1)c1ccccc1. The average molecular weight is 556 g/mol. The summed E-state index contributed by atoms with van der Waals surface area (Å²) >= 11 is 0. The van der Waals surface area contributed by atoms with Gasteiger partial charge in [-0.2, -0.15) is 0 Å². The zero-order valence-corrected chi connectivity index (χ0v) is 23.5. The third kappa shape index (κ3) is 8.23. The lowest BCUT2D eigenvalue weighted by atomic mass is 9.87. The van der Waals surface area contributed by atoms with Crippen LogP contribution < -0.4 is 4.90 Å². The normalized spacial score (nSPS) is 15.2. The number of rotatable bonds is 12. The fourth-order valence-electron chi connectivity index (χ4n) is 5.77. The number of hydrogen-bond donors (Lipinski definition) is 1. The van der Waals surface area contributed by atoms with Gasteiger partial charge in [0.15, 0.2) is 0 Å². The summed E-state index contributed by atoms with van der Waals surface area (Å²) in [7, 11) is 0. The molecular weight excluding hydrogens is 516 g/mol. The topological polar surface area (TPSA) is 30.0 Å². The molecule has 0 radical (unpaired) electrons. The maximum absolute atomic E-state index is 13.6. The predicted molar refractivity (Wildman–Crippen MR) is 163 cm³/mol. The van der Waals surface area contributed by atoms with Crippen LogP contribution in [0.5, 0.6) is 0 Å². The van der Waals surface area contributed by atoms with E-state index in [-0.39, 0.29) is 17.6 Å². The summed E-state index contributed by atoms with van der Waals surface area (Å²) in [4.78, 5) is 7.02. The zero-order valence-electron chi connectivity index (χ0n) is 23.5. The molecule has 5 rings (SSSR count). The van der Waals surface area contributed by atoms with Crippen molar-refractivity contribution in [3.8, 4) is 0 Å². The highest BCUT2D eigenvalue weighted by atomic mass is 19.1. The largest absolute Gasteiger partial charge is 0.390 e. The highest BCUT2D eigenvalue weighted by Crippen LogP contribution is 2.30. The molecule has 1 atom stereocenters. The predicted octanol–water partition coefficient (Wildman–Crippen LogP) is 6.69. The Hall–Kier alpha value is -3.58. The summed E-state index contributed by atoms with van der Waals surface area (Å²) in [5, 5.41) is 11.1. The van der Waals surface area contributed by atoms with Crippen LogP contribution in [-0.4, -0.2) is 66.8 Å². The van der Waals surface area contributed by atoms with Crippen LogP contribution >= 0.6 is 0 Å². The lowest BCUT2D eigenvalue weighted by Crippen LogP contribution is -2.49. The number of piperazine rings is 1. The van der Waals surface area contributed by atoms with Gasteiger partial charge in [0, 0.05) is 50.0 Å². The third-order valence-corrected chi connectivity index (χ3v) is 7.97. The molecule has 1 unspecified atom stereocenters. The Morgan fingerprint density at radius 3 is 1.59 bits per heavy atom. The number of nitrogens with zero attached hydrogens (tertiary/aromatic N) is 3. The van der Waals surface area contributed by atoms with Crippen molar-refractivity contribution >= 4 is 11.4 Å². The van der Waals surface area contributed by atoms with Gasteiger partial charge in [-0.25, -0.2) is 8.78 Å². The second-order valence-electron chi connectivity index (χ2n) is 10.9. The molecule has 0 aliphatic carbocycles. The molecule has 0 amide bonds. The summed E-state index contributed by atoms with van der Waals surface area (Å²) in [5.74, 6) is -0.394. The number of benzene rings is 4. The molecule has 1 N–H and O–H groups in total. The maximum Gasteiger partial charge on any atom is 0.123 e.